The van der Waals surface area contributed by atoms with Crippen LogP contribution in [0.5, 0.6) is 0 Å². The van der Waals surface area contributed by atoms with Gasteiger partial charge in [-0.2, -0.15) is 0 Å². The summed E-state index contributed by atoms with van der Waals surface area (Å²) in [5.41, 5.74) is 0. The van der Waals surface area contributed by atoms with Gasteiger partial charge in [0.2, 0.25) is 0 Å². The van der Waals surface area contributed by atoms with Crippen LogP contribution in [0.25, 0.3) is 0 Å². The van der Waals surface area contributed by atoms with Gasteiger partial charge in [0.25, 0.3) is 0 Å². The lowest BCUT2D eigenvalue weighted by atomic mass is 9.97. The normalized spacial score (nSPS) is 22.1. The Morgan fingerprint density at radius 1 is 1.00 bits per heavy atom. The first-order valence-corrected chi connectivity index (χ1v) is 6.81. The van der Waals surface area contributed by atoms with Crippen LogP contribution in [0.3, 0.4) is 0 Å². The minimum absolute atomic E-state index is 0. The van der Waals surface area contributed by atoms with Crippen molar-refractivity contribution in [2.75, 3.05) is 32.7 Å². The molecule has 1 saturated carbocycles. The van der Waals surface area contributed by atoms with Gasteiger partial charge in [0.05, 0.1) is 0 Å². The number of nitrogens with one attached hydrogen (secondary N) is 1. The maximum atomic E-state index is 3.45. The monoisotopic (exact) mass is 246 g/mol. The molecule has 1 aliphatic carbocycles. The second kappa shape index (κ2) is 7.52. The average Bonchev–Trinajstić information content (AvgIpc) is 3.03. The van der Waals surface area contributed by atoms with Crippen LogP contribution in [0.15, 0.2) is 0 Å². The molecule has 2 rings (SSSR count). The standard InChI is InChI=1S/C13H26N2.ClH/c1-2-9-15(10-12-3-4-12)11-13-5-7-14-8-6-13;/h12-14H,2-11H2,1H3;1H. The zero-order valence-electron chi connectivity index (χ0n) is 10.6. The van der Waals surface area contributed by atoms with E-state index in [9.17, 15) is 0 Å². The van der Waals surface area contributed by atoms with Crippen LogP contribution in [0.2, 0.25) is 0 Å². The van der Waals surface area contributed by atoms with Gasteiger partial charge in [-0.05, 0) is 63.6 Å². The van der Waals surface area contributed by atoms with Crippen molar-refractivity contribution in [2.45, 2.75) is 39.0 Å². The van der Waals surface area contributed by atoms with Crippen molar-refractivity contribution < 1.29 is 0 Å². The van der Waals surface area contributed by atoms with E-state index in [1.54, 1.807) is 0 Å². The van der Waals surface area contributed by atoms with E-state index in [-0.39, 0.29) is 12.4 Å². The minimum atomic E-state index is 0. The Bertz CT molecular complexity index is 177. The van der Waals surface area contributed by atoms with Crippen molar-refractivity contribution in [1.29, 1.82) is 0 Å². The molecule has 3 heteroatoms. The summed E-state index contributed by atoms with van der Waals surface area (Å²) >= 11 is 0. The smallest absolute Gasteiger partial charge is 0.00107 e. The Kier molecular flexibility index (Phi) is 6.71. The molecule has 2 fully saturated rings. The number of piperidine rings is 1. The molecular formula is C13H27ClN2. The van der Waals surface area contributed by atoms with E-state index in [2.05, 4.69) is 17.1 Å². The van der Waals surface area contributed by atoms with E-state index < -0.39 is 0 Å². The molecule has 0 aromatic carbocycles. The number of hydrogen-bond donors (Lipinski definition) is 1. The Morgan fingerprint density at radius 3 is 2.06 bits per heavy atom. The quantitative estimate of drug-likeness (QED) is 0.775. The van der Waals surface area contributed by atoms with Gasteiger partial charge in [-0.25, -0.2) is 0 Å². The molecule has 1 heterocycles. The summed E-state index contributed by atoms with van der Waals surface area (Å²) in [7, 11) is 0. The zero-order valence-corrected chi connectivity index (χ0v) is 11.4. The molecule has 0 bridgehead atoms. The van der Waals surface area contributed by atoms with Crippen LogP contribution < -0.4 is 5.32 Å². The number of halogens is 1. The van der Waals surface area contributed by atoms with Crippen molar-refractivity contribution >= 4 is 12.4 Å². The van der Waals surface area contributed by atoms with Gasteiger partial charge in [0.15, 0.2) is 0 Å². The summed E-state index contributed by atoms with van der Waals surface area (Å²) in [6, 6.07) is 0. The van der Waals surface area contributed by atoms with Crippen LogP contribution in [0.4, 0.5) is 0 Å². The van der Waals surface area contributed by atoms with Crippen molar-refractivity contribution in [3.05, 3.63) is 0 Å². The van der Waals surface area contributed by atoms with E-state index in [1.807, 2.05) is 0 Å². The fourth-order valence-electron chi connectivity index (χ4n) is 2.67. The topological polar surface area (TPSA) is 15.3 Å². The number of hydrogen-bond acceptors (Lipinski definition) is 2. The predicted octanol–water partition coefficient (Wildman–Crippen LogP) is 2.53. The van der Waals surface area contributed by atoms with Crippen LogP contribution in [-0.2, 0) is 0 Å². The molecule has 0 atom stereocenters. The van der Waals surface area contributed by atoms with Gasteiger partial charge in [0.1, 0.15) is 0 Å². The third-order valence-electron chi connectivity index (χ3n) is 3.73. The van der Waals surface area contributed by atoms with Gasteiger partial charge >= 0.3 is 0 Å². The molecule has 0 radical (unpaired) electrons. The number of rotatable bonds is 6. The van der Waals surface area contributed by atoms with Crippen molar-refractivity contribution in [2.24, 2.45) is 11.8 Å². The molecule has 16 heavy (non-hydrogen) atoms. The average molecular weight is 247 g/mol. The molecule has 0 aromatic heterocycles. The molecule has 2 nitrogen and oxygen atoms in total. The Morgan fingerprint density at radius 2 is 1.56 bits per heavy atom. The maximum Gasteiger partial charge on any atom is 0.00107 e. The fourth-order valence-corrected chi connectivity index (χ4v) is 2.67. The van der Waals surface area contributed by atoms with Gasteiger partial charge < -0.3 is 10.2 Å². The molecule has 1 N–H and O–H groups in total. The Labute approximate surface area is 107 Å². The fraction of sp³-hybridized carbons (Fsp3) is 1.00. The second-order valence-corrected chi connectivity index (χ2v) is 5.40. The summed E-state index contributed by atoms with van der Waals surface area (Å²) in [6.45, 7) is 8.87. The van der Waals surface area contributed by atoms with Crippen LogP contribution in [0.1, 0.15) is 39.0 Å². The third-order valence-corrected chi connectivity index (χ3v) is 3.73. The lowest BCUT2D eigenvalue weighted by molar-refractivity contribution is 0.199. The Hall–Kier alpha value is 0.210. The lowest BCUT2D eigenvalue weighted by Crippen LogP contribution is -2.37. The molecule has 1 aliphatic heterocycles. The highest BCUT2D eigenvalue weighted by molar-refractivity contribution is 5.85. The van der Waals surface area contributed by atoms with Gasteiger partial charge in [0, 0.05) is 13.1 Å². The SMILES string of the molecule is CCCN(CC1CCNCC1)CC1CC1.Cl. The van der Waals surface area contributed by atoms with Crippen LogP contribution in [0, 0.1) is 11.8 Å². The first-order chi connectivity index (χ1) is 7.38. The molecule has 0 spiro atoms. The third kappa shape index (κ3) is 5.03. The van der Waals surface area contributed by atoms with E-state index in [4.69, 9.17) is 0 Å². The summed E-state index contributed by atoms with van der Waals surface area (Å²) in [5.74, 6) is 2.02. The highest BCUT2D eigenvalue weighted by Gasteiger charge is 2.25. The molecular weight excluding hydrogens is 220 g/mol. The zero-order chi connectivity index (χ0) is 10.5. The molecule has 2 aliphatic rings. The Balaban J connectivity index is 0.00000128. The van der Waals surface area contributed by atoms with Crippen molar-refractivity contribution in [1.82, 2.24) is 10.2 Å². The van der Waals surface area contributed by atoms with E-state index in [0.717, 1.165) is 11.8 Å². The molecule has 96 valence electrons. The first-order valence-electron chi connectivity index (χ1n) is 6.81. The lowest BCUT2D eigenvalue weighted by Gasteiger charge is -2.30. The second-order valence-electron chi connectivity index (χ2n) is 5.40. The molecule has 0 unspecified atom stereocenters. The van der Waals surface area contributed by atoms with Crippen LogP contribution >= 0.6 is 12.4 Å². The van der Waals surface area contributed by atoms with Crippen molar-refractivity contribution in [3.8, 4) is 0 Å². The summed E-state index contributed by atoms with van der Waals surface area (Å²) < 4.78 is 0. The minimum Gasteiger partial charge on any atom is -0.317 e. The van der Waals surface area contributed by atoms with Gasteiger partial charge in [-0.1, -0.05) is 6.92 Å². The highest BCUT2D eigenvalue weighted by Crippen LogP contribution is 2.30. The summed E-state index contributed by atoms with van der Waals surface area (Å²) in [5, 5.41) is 3.45. The molecule has 1 saturated heterocycles. The van der Waals surface area contributed by atoms with E-state index in [1.165, 1.54) is 64.8 Å². The largest absolute Gasteiger partial charge is 0.317 e. The maximum absolute atomic E-state index is 3.45. The summed E-state index contributed by atoms with van der Waals surface area (Å²) in [6.07, 6.45) is 7.09. The van der Waals surface area contributed by atoms with Gasteiger partial charge in [-0.15, -0.1) is 12.4 Å². The highest BCUT2D eigenvalue weighted by atomic mass is 35.5. The first kappa shape index (κ1) is 14.3. The van der Waals surface area contributed by atoms with Crippen LogP contribution in [-0.4, -0.2) is 37.6 Å². The summed E-state index contributed by atoms with van der Waals surface area (Å²) in [4.78, 5) is 2.73. The molecule has 0 amide bonds. The van der Waals surface area contributed by atoms with Crippen molar-refractivity contribution in [3.63, 3.8) is 0 Å². The molecule has 0 aromatic rings. The number of nitrogens with zero attached hydrogens (tertiary/aromatic N) is 1. The predicted molar refractivity (Wildman–Crippen MR) is 72.3 cm³/mol. The van der Waals surface area contributed by atoms with Gasteiger partial charge in [-0.3, -0.25) is 0 Å². The van der Waals surface area contributed by atoms with E-state index >= 15 is 0 Å². The van der Waals surface area contributed by atoms with E-state index in [0.29, 0.717) is 0 Å².